The van der Waals surface area contributed by atoms with Gasteiger partial charge in [-0.1, -0.05) is 30.3 Å². The zero-order valence-electron chi connectivity index (χ0n) is 13.9. The number of aliphatic hydroxyl groups is 1. The normalized spacial score (nSPS) is 23.2. The predicted octanol–water partition coefficient (Wildman–Crippen LogP) is 0.941. The molecule has 1 N–H and O–H groups in total. The number of methoxy groups -OCH3 is 2. The van der Waals surface area contributed by atoms with Crippen molar-refractivity contribution in [3.8, 4) is 0 Å². The Morgan fingerprint density at radius 2 is 1.71 bits per heavy atom. The Bertz CT molecular complexity index is 711. The Hall–Kier alpha value is -2.67. The van der Waals surface area contributed by atoms with Crippen LogP contribution in [0.1, 0.15) is 25.3 Å². The number of nitrogens with zero attached hydrogens (tertiary/aromatic N) is 1. The largest absolute Gasteiger partial charge is 0.466 e. The molecule has 7 heteroatoms. The van der Waals surface area contributed by atoms with Crippen LogP contribution in [0.3, 0.4) is 0 Å². The molecule has 0 bridgehead atoms. The molecule has 7 nitrogen and oxygen atoms in total. The van der Waals surface area contributed by atoms with Crippen LogP contribution in [0.5, 0.6) is 0 Å². The molecule has 1 aromatic carbocycles. The number of carbonyl (C=O) groups is 3. The predicted molar refractivity (Wildman–Crippen MR) is 83.4 cm³/mol. The van der Waals surface area contributed by atoms with E-state index in [1.165, 1.54) is 21.0 Å². The number of amides is 1. The first-order valence-corrected chi connectivity index (χ1v) is 7.26. The highest BCUT2D eigenvalue weighted by atomic mass is 16.5. The first-order chi connectivity index (χ1) is 11.3. The maximum Gasteiger partial charge on any atom is 0.361 e. The van der Waals surface area contributed by atoms with E-state index in [0.717, 1.165) is 12.0 Å². The molecule has 0 saturated carbocycles. The molecule has 128 valence electrons. The fourth-order valence-electron chi connectivity index (χ4n) is 3.17. The van der Waals surface area contributed by atoms with Gasteiger partial charge in [0.05, 0.1) is 25.7 Å². The van der Waals surface area contributed by atoms with Gasteiger partial charge in [0, 0.05) is 12.6 Å². The van der Waals surface area contributed by atoms with E-state index >= 15 is 0 Å². The smallest absolute Gasteiger partial charge is 0.361 e. The lowest BCUT2D eigenvalue weighted by Crippen LogP contribution is -2.56. The molecule has 0 saturated heterocycles. The molecule has 1 amide bonds. The van der Waals surface area contributed by atoms with Crippen LogP contribution < -0.4 is 0 Å². The zero-order chi connectivity index (χ0) is 18.1. The molecule has 0 radical (unpaired) electrons. The molecule has 0 unspecified atom stereocenters. The van der Waals surface area contributed by atoms with Crippen molar-refractivity contribution in [3.63, 3.8) is 0 Å². The van der Waals surface area contributed by atoms with Gasteiger partial charge in [0.1, 0.15) is 0 Å². The number of esters is 2. The minimum atomic E-state index is -2.37. The van der Waals surface area contributed by atoms with Crippen LogP contribution in [-0.2, 0) is 23.9 Å². The van der Waals surface area contributed by atoms with Crippen molar-refractivity contribution >= 4 is 17.8 Å². The lowest BCUT2D eigenvalue weighted by molar-refractivity contribution is -0.186. The Morgan fingerprint density at radius 3 is 2.17 bits per heavy atom. The summed E-state index contributed by atoms with van der Waals surface area (Å²) in [5.41, 5.74) is -1.70. The average Bonchev–Trinajstić information content (AvgIpc) is 2.82. The number of carbonyl (C=O) groups excluding carboxylic acids is 3. The van der Waals surface area contributed by atoms with Crippen LogP contribution in [0.2, 0.25) is 0 Å². The summed E-state index contributed by atoms with van der Waals surface area (Å²) in [7, 11) is 2.30. The number of hydrogen-bond acceptors (Lipinski definition) is 6. The average molecular weight is 333 g/mol. The van der Waals surface area contributed by atoms with Gasteiger partial charge < -0.3 is 14.6 Å². The fraction of sp³-hybridized carbons (Fsp3) is 0.353. The maximum atomic E-state index is 12.4. The van der Waals surface area contributed by atoms with Gasteiger partial charge in [-0.25, -0.2) is 9.59 Å². The molecular weight excluding hydrogens is 314 g/mol. The molecule has 0 aliphatic carbocycles. The van der Waals surface area contributed by atoms with Crippen LogP contribution in [0.15, 0.2) is 41.6 Å². The van der Waals surface area contributed by atoms with Gasteiger partial charge in [-0.3, -0.25) is 9.69 Å². The Labute approximate surface area is 139 Å². The molecule has 24 heavy (non-hydrogen) atoms. The number of hydrogen-bond donors (Lipinski definition) is 1. The van der Waals surface area contributed by atoms with Gasteiger partial charge in [-0.15, -0.1) is 0 Å². The summed E-state index contributed by atoms with van der Waals surface area (Å²) in [5.74, 6) is -3.49. The molecule has 0 fully saturated rings. The van der Waals surface area contributed by atoms with Gasteiger partial charge in [-0.2, -0.15) is 0 Å². The lowest BCUT2D eigenvalue weighted by Gasteiger charge is -2.35. The summed E-state index contributed by atoms with van der Waals surface area (Å²) in [6.07, 6.45) is 0. The van der Waals surface area contributed by atoms with Gasteiger partial charge in [-0.05, 0) is 12.5 Å². The minimum Gasteiger partial charge on any atom is -0.466 e. The number of allylic oxidation sites excluding steroid dienone is 1. The summed E-state index contributed by atoms with van der Waals surface area (Å²) in [4.78, 5) is 37.7. The molecule has 1 aliphatic heterocycles. The van der Waals surface area contributed by atoms with Gasteiger partial charge in [0.15, 0.2) is 0 Å². The van der Waals surface area contributed by atoms with Crippen molar-refractivity contribution in [1.82, 2.24) is 4.90 Å². The van der Waals surface area contributed by atoms with Crippen molar-refractivity contribution in [1.29, 1.82) is 0 Å². The van der Waals surface area contributed by atoms with Gasteiger partial charge in [0.2, 0.25) is 5.91 Å². The first kappa shape index (κ1) is 17.7. The highest BCUT2D eigenvalue weighted by Gasteiger charge is 2.61. The van der Waals surface area contributed by atoms with Crippen molar-refractivity contribution < 1.29 is 29.0 Å². The first-order valence-electron chi connectivity index (χ1n) is 7.26. The molecule has 2 atom stereocenters. The third kappa shape index (κ3) is 2.46. The van der Waals surface area contributed by atoms with Crippen molar-refractivity contribution in [2.75, 3.05) is 14.2 Å². The molecule has 2 rings (SSSR count). The monoisotopic (exact) mass is 333 g/mol. The van der Waals surface area contributed by atoms with Crippen LogP contribution in [0, 0.1) is 0 Å². The van der Waals surface area contributed by atoms with Crippen LogP contribution in [0.4, 0.5) is 0 Å². The summed E-state index contributed by atoms with van der Waals surface area (Å²) in [6.45, 7) is 2.67. The second-order valence-electron chi connectivity index (χ2n) is 5.41. The molecule has 0 spiro atoms. The second-order valence-corrected chi connectivity index (χ2v) is 5.41. The number of rotatable bonds is 3. The summed E-state index contributed by atoms with van der Waals surface area (Å²) in [6, 6.07) is 8.46. The van der Waals surface area contributed by atoms with Crippen molar-refractivity contribution in [2.24, 2.45) is 0 Å². The number of benzene rings is 1. The Morgan fingerprint density at radius 1 is 1.12 bits per heavy atom. The van der Waals surface area contributed by atoms with E-state index in [-0.39, 0.29) is 11.3 Å². The maximum absolute atomic E-state index is 12.4. The van der Waals surface area contributed by atoms with E-state index < -0.39 is 29.5 Å². The van der Waals surface area contributed by atoms with E-state index in [1.807, 2.05) is 0 Å². The van der Waals surface area contributed by atoms with E-state index in [4.69, 9.17) is 9.47 Å². The van der Waals surface area contributed by atoms with Gasteiger partial charge in [0.25, 0.3) is 5.72 Å². The van der Waals surface area contributed by atoms with Crippen LogP contribution in [0.25, 0.3) is 0 Å². The topological polar surface area (TPSA) is 93.1 Å². The quantitative estimate of drug-likeness (QED) is 0.828. The van der Waals surface area contributed by atoms with Crippen molar-refractivity contribution in [2.45, 2.75) is 25.5 Å². The number of ether oxygens (including phenoxy) is 2. The Balaban J connectivity index is 2.78. The molecule has 1 aromatic rings. The Kier molecular flexibility index (Phi) is 4.75. The van der Waals surface area contributed by atoms with E-state index in [9.17, 15) is 19.5 Å². The van der Waals surface area contributed by atoms with Crippen LogP contribution >= 0.6 is 0 Å². The standard InChI is InChI=1S/C17H19NO6/c1-10-13(15(20)23-3)14(12-8-6-5-7-9-12)17(22,16(21)24-4)18(10)11(2)19/h5-9,14,22H,1-4H3/t14-,17-/m0/s1. The van der Waals surface area contributed by atoms with E-state index in [1.54, 1.807) is 30.3 Å². The van der Waals surface area contributed by atoms with E-state index in [2.05, 4.69) is 0 Å². The van der Waals surface area contributed by atoms with Crippen LogP contribution in [-0.4, -0.2) is 47.8 Å². The highest BCUT2D eigenvalue weighted by Crippen LogP contribution is 2.47. The lowest BCUT2D eigenvalue weighted by atomic mass is 9.84. The third-order valence-electron chi connectivity index (χ3n) is 4.10. The third-order valence-corrected chi connectivity index (χ3v) is 4.10. The fourth-order valence-corrected chi connectivity index (χ4v) is 3.17. The molecule has 1 aliphatic rings. The van der Waals surface area contributed by atoms with Gasteiger partial charge >= 0.3 is 11.9 Å². The van der Waals surface area contributed by atoms with E-state index in [0.29, 0.717) is 5.56 Å². The second kappa shape index (κ2) is 6.45. The van der Waals surface area contributed by atoms with Crippen molar-refractivity contribution in [3.05, 3.63) is 47.2 Å². The molecule has 0 aromatic heterocycles. The molecular formula is C17H19NO6. The highest BCUT2D eigenvalue weighted by molar-refractivity contribution is 5.99. The summed E-state index contributed by atoms with van der Waals surface area (Å²) < 4.78 is 9.51. The summed E-state index contributed by atoms with van der Waals surface area (Å²) in [5, 5.41) is 11.2. The molecule has 1 heterocycles. The summed E-state index contributed by atoms with van der Waals surface area (Å²) >= 11 is 0. The SMILES string of the molecule is COC(=O)C1=C(C)N(C(C)=O)[C@@](O)(C(=O)OC)[C@H]1c1ccccc1. The zero-order valence-corrected chi connectivity index (χ0v) is 13.9. The minimum absolute atomic E-state index is 0.0341.